The summed E-state index contributed by atoms with van der Waals surface area (Å²) < 4.78 is 9.46. The van der Waals surface area contributed by atoms with Crippen LogP contribution in [0.15, 0.2) is 60.8 Å². The fraction of sp³-hybridized carbons (Fsp3) is 0.324. The largest absolute Gasteiger partial charge is 0.494 e. The maximum atomic E-state index is 14.1. The second-order valence-corrected chi connectivity index (χ2v) is 13.3. The van der Waals surface area contributed by atoms with E-state index < -0.39 is 0 Å². The molecule has 48 heavy (non-hydrogen) atoms. The first kappa shape index (κ1) is 32.8. The fourth-order valence-corrected chi connectivity index (χ4v) is 5.51. The van der Waals surface area contributed by atoms with Crippen LogP contribution in [0.1, 0.15) is 96.2 Å². The topological polar surface area (TPSA) is 115 Å². The zero-order chi connectivity index (χ0) is 33.8. The van der Waals surface area contributed by atoms with Crippen LogP contribution < -0.4 is 15.4 Å². The van der Waals surface area contributed by atoms with Crippen LogP contribution in [0.5, 0.6) is 5.75 Å². The number of anilines is 1. The van der Waals surface area contributed by atoms with E-state index in [2.05, 4.69) is 53.3 Å². The van der Waals surface area contributed by atoms with Gasteiger partial charge in [-0.2, -0.15) is 10.2 Å². The number of rotatable bonds is 3. The first-order valence-electron chi connectivity index (χ1n) is 16.2. The summed E-state index contributed by atoms with van der Waals surface area (Å²) in [4.78, 5) is 31.2. The number of carbonyl (C=O) groups excluding carboxylic acids is 2. The molecule has 6 rings (SSSR count). The van der Waals surface area contributed by atoms with Gasteiger partial charge < -0.3 is 15.4 Å². The van der Waals surface area contributed by atoms with Crippen molar-refractivity contribution in [2.24, 2.45) is 0 Å². The maximum Gasteiger partial charge on any atom is 0.271 e. The zero-order valence-electron chi connectivity index (χ0n) is 27.6. The van der Waals surface area contributed by atoms with Gasteiger partial charge in [0, 0.05) is 34.2 Å². The number of fused-ring (bicyclic) bond motifs is 3. The van der Waals surface area contributed by atoms with Crippen molar-refractivity contribution in [1.82, 2.24) is 29.7 Å². The normalized spacial score (nSPS) is 14.2. The molecular weight excluding hydrogens is 626 g/mol. The van der Waals surface area contributed by atoms with Crippen molar-refractivity contribution < 1.29 is 14.3 Å². The van der Waals surface area contributed by atoms with E-state index in [-0.39, 0.29) is 17.2 Å². The molecule has 0 atom stereocenters. The van der Waals surface area contributed by atoms with Crippen molar-refractivity contribution in [2.75, 3.05) is 18.5 Å². The molecule has 0 radical (unpaired) electrons. The number of hydrogen-bond donors (Lipinski definition) is 2. The Balaban J connectivity index is 1.39. The van der Waals surface area contributed by atoms with E-state index in [0.717, 1.165) is 43.5 Å². The number of benzene rings is 2. The lowest BCUT2D eigenvalue weighted by molar-refractivity contribution is 0.0945. The van der Waals surface area contributed by atoms with Crippen molar-refractivity contribution in [3.8, 4) is 23.3 Å². The van der Waals surface area contributed by atoms with Crippen molar-refractivity contribution in [3.63, 3.8) is 0 Å². The van der Waals surface area contributed by atoms with Gasteiger partial charge in [-0.25, -0.2) is 14.2 Å². The highest BCUT2D eigenvalue weighted by molar-refractivity contribution is 6.30. The maximum absolute atomic E-state index is 14.1. The molecule has 4 heterocycles. The summed E-state index contributed by atoms with van der Waals surface area (Å²) in [6.45, 7) is 9.18. The lowest BCUT2D eigenvalue weighted by Gasteiger charge is -2.14. The number of amides is 2. The lowest BCUT2D eigenvalue weighted by Crippen LogP contribution is -2.26. The highest BCUT2D eigenvalue weighted by atomic mass is 35.5. The Morgan fingerprint density at radius 2 is 1.75 bits per heavy atom. The van der Waals surface area contributed by atoms with Crippen LogP contribution in [-0.4, -0.2) is 49.3 Å². The summed E-state index contributed by atoms with van der Waals surface area (Å²) in [6.07, 6.45) is 6.37. The van der Waals surface area contributed by atoms with Crippen molar-refractivity contribution in [3.05, 3.63) is 99.6 Å². The third kappa shape index (κ3) is 7.37. The molecule has 5 aromatic rings. The number of carbonyl (C=O) groups is 2. The van der Waals surface area contributed by atoms with Crippen LogP contribution in [0, 0.1) is 18.8 Å². The second kappa shape index (κ2) is 13.9. The summed E-state index contributed by atoms with van der Waals surface area (Å²) in [6, 6.07) is 16.2. The van der Waals surface area contributed by atoms with E-state index in [4.69, 9.17) is 21.4 Å². The molecule has 0 unspecified atom stereocenters. The molecule has 2 N–H and O–H groups in total. The zero-order valence-corrected chi connectivity index (χ0v) is 28.3. The quantitative estimate of drug-likeness (QED) is 0.203. The third-order valence-electron chi connectivity index (χ3n) is 8.21. The summed E-state index contributed by atoms with van der Waals surface area (Å²) in [5.41, 5.74) is 4.46. The molecule has 2 aromatic carbocycles. The van der Waals surface area contributed by atoms with Crippen LogP contribution in [0.4, 0.5) is 5.82 Å². The molecule has 3 aromatic heterocycles. The molecular formula is C37H38ClN7O3. The van der Waals surface area contributed by atoms with Crippen LogP contribution in [-0.2, 0) is 5.41 Å². The highest BCUT2D eigenvalue weighted by Crippen LogP contribution is 2.29. The Morgan fingerprint density at radius 3 is 2.54 bits per heavy atom. The third-order valence-corrected chi connectivity index (χ3v) is 8.46. The first-order valence-corrected chi connectivity index (χ1v) is 16.5. The van der Waals surface area contributed by atoms with Crippen LogP contribution in [0.2, 0.25) is 5.02 Å². The van der Waals surface area contributed by atoms with Crippen molar-refractivity contribution >= 4 is 34.9 Å². The van der Waals surface area contributed by atoms with Crippen molar-refractivity contribution in [2.45, 2.75) is 65.2 Å². The molecule has 0 aliphatic carbocycles. The van der Waals surface area contributed by atoms with Crippen molar-refractivity contribution in [1.29, 1.82) is 0 Å². The fourth-order valence-electron chi connectivity index (χ4n) is 5.39. The summed E-state index contributed by atoms with van der Waals surface area (Å²) in [7, 11) is 0. The molecule has 1 aliphatic rings. The average Bonchev–Trinajstić information content (AvgIpc) is 3.67. The van der Waals surface area contributed by atoms with E-state index >= 15 is 0 Å². The molecule has 1 aliphatic heterocycles. The monoisotopic (exact) mass is 663 g/mol. The molecule has 11 heteroatoms. The van der Waals surface area contributed by atoms with Gasteiger partial charge in [0.05, 0.1) is 24.2 Å². The van der Waals surface area contributed by atoms with E-state index in [1.54, 1.807) is 45.7 Å². The van der Waals surface area contributed by atoms with Gasteiger partial charge in [-0.1, -0.05) is 57.6 Å². The molecule has 246 valence electrons. The summed E-state index contributed by atoms with van der Waals surface area (Å²) in [5, 5.41) is 16.0. The smallest absolute Gasteiger partial charge is 0.271 e. The average molecular weight is 664 g/mol. The number of imidazole rings is 1. The Bertz CT molecular complexity index is 2050. The number of ether oxygens (including phenoxy) is 1. The molecule has 10 nitrogen and oxygen atoms in total. The van der Waals surface area contributed by atoms with Gasteiger partial charge in [0.1, 0.15) is 23.0 Å². The molecule has 2 amide bonds. The Labute approximate surface area is 284 Å². The molecule has 4 bridgehead atoms. The predicted octanol–water partition coefficient (Wildman–Crippen LogP) is 6.90. The first-order chi connectivity index (χ1) is 23.1. The van der Waals surface area contributed by atoms with Gasteiger partial charge in [-0.05, 0) is 79.8 Å². The molecule has 0 saturated carbocycles. The lowest BCUT2D eigenvalue weighted by atomic mass is 9.92. The van der Waals surface area contributed by atoms with Gasteiger partial charge in [0.25, 0.3) is 11.8 Å². The minimum absolute atomic E-state index is 0.234. The SMILES string of the molecule is Cc1c2cc(cc1C(=O)Nc1cc(C(C)(C)C)nn1-c1ccc(Cl)cc1)OCCCCCCCNC(=O)c1ccc3ncc(n3n1)C#C2. The second-order valence-electron chi connectivity index (χ2n) is 12.9. The molecule has 0 fully saturated rings. The minimum atomic E-state index is -0.318. The van der Waals surface area contributed by atoms with Crippen LogP contribution in [0.3, 0.4) is 0 Å². The summed E-state index contributed by atoms with van der Waals surface area (Å²) >= 11 is 6.16. The summed E-state index contributed by atoms with van der Waals surface area (Å²) in [5.74, 6) is 6.91. The minimum Gasteiger partial charge on any atom is -0.494 e. The highest BCUT2D eigenvalue weighted by Gasteiger charge is 2.23. The number of nitrogens with zero attached hydrogens (tertiary/aromatic N) is 5. The van der Waals surface area contributed by atoms with Crippen LogP contribution >= 0.6 is 11.6 Å². The Morgan fingerprint density at radius 1 is 0.979 bits per heavy atom. The van der Waals surface area contributed by atoms with Gasteiger partial charge >= 0.3 is 0 Å². The number of halogens is 1. The predicted molar refractivity (Wildman–Crippen MR) is 186 cm³/mol. The van der Waals surface area contributed by atoms with E-state index in [1.165, 1.54) is 0 Å². The van der Waals surface area contributed by atoms with Gasteiger partial charge in [0.15, 0.2) is 5.65 Å². The Kier molecular flexibility index (Phi) is 9.51. The van der Waals surface area contributed by atoms with E-state index in [0.29, 0.717) is 63.5 Å². The van der Waals surface area contributed by atoms with Gasteiger partial charge in [0.2, 0.25) is 0 Å². The number of nitrogens with one attached hydrogen (secondary N) is 2. The van der Waals surface area contributed by atoms with Gasteiger partial charge in [-0.3, -0.25) is 9.59 Å². The molecule has 0 saturated heterocycles. The van der Waals surface area contributed by atoms with Crippen LogP contribution in [0.25, 0.3) is 11.3 Å². The van der Waals surface area contributed by atoms with E-state index in [1.807, 2.05) is 31.2 Å². The number of hydrogen-bond acceptors (Lipinski definition) is 6. The van der Waals surface area contributed by atoms with E-state index in [9.17, 15) is 9.59 Å². The standard InChI is InChI=1S/C37H38ClN7O3/c1-24-25-10-13-28-23-40-33-17-16-31(42-45(28)33)36(47)39-18-8-6-5-7-9-19-48-29(20-25)21-30(24)35(46)41-34-22-32(37(2,3)4)43-44(34)27-14-11-26(38)12-15-27/h11-12,14-17,20-23H,5-9,18-19H2,1-4H3,(H,39,47)(H,41,46). The van der Waals surface area contributed by atoms with Gasteiger partial charge in [-0.15, -0.1) is 0 Å². The molecule has 0 spiro atoms. The Hall–Kier alpha value is -5.14. The number of aromatic nitrogens is 5.